The molecule has 7 nitrogen and oxygen atoms in total. The summed E-state index contributed by atoms with van der Waals surface area (Å²) in [4.78, 5) is 22.6. The fraction of sp³-hybridized carbons (Fsp3) is 0.318. The number of hydrogen-bond acceptors (Lipinski definition) is 6. The molecule has 1 aromatic carbocycles. The van der Waals surface area contributed by atoms with Crippen LogP contribution in [0.15, 0.2) is 58.8 Å². The van der Waals surface area contributed by atoms with Crippen molar-refractivity contribution in [3.63, 3.8) is 0 Å². The Hall–Kier alpha value is -2.97. The number of amides is 1. The van der Waals surface area contributed by atoms with E-state index < -0.39 is 0 Å². The van der Waals surface area contributed by atoms with E-state index in [1.54, 1.807) is 11.2 Å². The predicted octanol–water partition coefficient (Wildman–Crippen LogP) is 3.89. The summed E-state index contributed by atoms with van der Waals surface area (Å²) in [6.07, 6.45) is 4.35. The second-order valence-electron chi connectivity index (χ2n) is 7.44. The van der Waals surface area contributed by atoms with Crippen LogP contribution in [0.25, 0.3) is 4.96 Å². The molecule has 1 amide bonds. The molecule has 4 rings (SSSR count). The van der Waals surface area contributed by atoms with E-state index in [0.717, 1.165) is 22.8 Å². The lowest BCUT2D eigenvalue weighted by Crippen LogP contribution is -2.31. The second-order valence-corrected chi connectivity index (χ2v) is 8.31. The number of thiazole rings is 1. The molecule has 0 aliphatic rings. The van der Waals surface area contributed by atoms with Crippen LogP contribution in [0.2, 0.25) is 0 Å². The molecule has 0 unspecified atom stereocenters. The van der Waals surface area contributed by atoms with E-state index in [1.807, 2.05) is 54.3 Å². The van der Waals surface area contributed by atoms with Gasteiger partial charge in [-0.15, -0.1) is 11.3 Å². The molecular weight excluding hydrogens is 398 g/mol. The zero-order valence-electron chi connectivity index (χ0n) is 17.4. The number of fused-ring (bicyclic) bond motifs is 1. The maximum Gasteiger partial charge on any atom is 0.274 e. The lowest BCUT2D eigenvalue weighted by molar-refractivity contribution is 0.0788. The average Bonchev–Trinajstić information content (AvgIpc) is 3.50. The topological polar surface area (TPSA) is 66.9 Å². The summed E-state index contributed by atoms with van der Waals surface area (Å²) in [5.41, 5.74) is 3.47. The van der Waals surface area contributed by atoms with Crippen LogP contribution < -0.4 is 0 Å². The molecule has 156 valence electrons. The molecule has 0 fully saturated rings. The fourth-order valence-corrected chi connectivity index (χ4v) is 4.15. The maximum atomic E-state index is 13.2. The summed E-state index contributed by atoms with van der Waals surface area (Å²) in [7, 11) is 3.85. The zero-order valence-corrected chi connectivity index (χ0v) is 18.2. The van der Waals surface area contributed by atoms with Crippen molar-refractivity contribution in [3.8, 4) is 0 Å². The Morgan fingerprint density at radius 1 is 1.23 bits per heavy atom. The van der Waals surface area contributed by atoms with Crippen molar-refractivity contribution in [2.45, 2.75) is 25.9 Å². The summed E-state index contributed by atoms with van der Waals surface area (Å²) in [5.74, 6) is -0.0562. The van der Waals surface area contributed by atoms with Gasteiger partial charge in [-0.2, -0.15) is 0 Å². The van der Waals surface area contributed by atoms with Crippen molar-refractivity contribution in [3.05, 3.63) is 76.9 Å². The predicted molar refractivity (Wildman–Crippen MR) is 117 cm³/mol. The number of likely N-dealkylation sites (N-methyl/N-ethyl adjacent to an activating group) is 1. The Balaban J connectivity index is 1.53. The van der Waals surface area contributed by atoms with Gasteiger partial charge >= 0.3 is 0 Å². The van der Waals surface area contributed by atoms with E-state index in [1.165, 1.54) is 16.9 Å². The Kier molecular flexibility index (Phi) is 5.96. The molecule has 0 spiro atoms. The molecule has 0 radical (unpaired) electrons. The first-order chi connectivity index (χ1) is 14.5. The number of imidazole rings is 1. The van der Waals surface area contributed by atoms with Crippen molar-refractivity contribution >= 4 is 22.2 Å². The molecular formula is C22H25N5O2S. The fourth-order valence-electron chi connectivity index (χ4n) is 3.42. The number of carbonyl (C=O) groups is 1. The third-order valence-corrected chi connectivity index (χ3v) is 6.19. The minimum atomic E-state index is -0.0562. The first-order valence-corrected chi connectivity index (χ1v) is 10.8. The molecule has 0 aliphatic carbocycles. The molecule has 3 heterocycles. The smallest absolute Gasteiger partial charge is 0.274 e. The Labute approximate surface area is 179 Å². The molecule has 0 bridgehead atoms. The van der Waals surface area contributed by atoms with Gasteiger partial charge in [-0.05, 0) is 26.0 Å². The lowest BCUT2D eigenvalue weighted by atomic mass is 10.1. The van der Waals surface area contributed by atoms with Crippen LogP contribution in [0.3, 0.4) is 0 Å². The second kappa shape index (κ2) is 8.81. The van der Waals surface area contributed by atoms with Crippen LogP contribution in [0.5, 0.6) is 0 Å². The zero-order chi connectivity index (χ0) is 21.1. The molecule has 0 saturated heterocycles. The van der Waals surface area contributed by atoms with E-state index in [9.17, 15) is 4.79 Å². The third-order valence-electron chi connectivity index (χ3n) is 5.44. The SMILES string of the molecule is C[C@@H](c1ccon1)N(C)Cc1c(C(=O)N(C)CCc2ccccc2)nc2sccn12. The van der Waals surface area contributed by atoms with Crippen molar-refractivity contribution < 1.29 is 9.32 Å². The minimum absolute atomic E-state index is 0.0479. The van der Waals surface area contributed by atoms with Crippen molar-refractivity contribution in [2.75, 3.05) is 20.6 Å². The van der Waals surface area contributed by atoms with Crippen molar-refractivity contribution in [2.24, 2.45) is 0 Å². The van der Waals surface area contributed by atoms with E-state index in [-0.39, 0.29) is 11.9 Å². The number of hydrogen-bond donors (Lipinski definition) is 0. The number of aromatic nitrogens is 3. The van der Waals surface area contributed by atoms with Gasteiger partial charge in [-0.1, -0.05) is 35.5 Å². The number of carbonyl (C=O) groups excluding carboxylic acids is 1. The Morgan fingerprint density at radius 3 is 2.77 bits per heavy atom. The highest BCUT2D eigenvalue weighted by Crippen LogP contribution is 2.24. The highest BCUT2D eigenvalue weighted by Gasteiger charge is 2.25. The summed E-state index contributed by atoms with van der Waals surface area (Å²) in [5, 5.41) is 6.03. The highest BCUT2D eigenvalue weighted by atomic mass is 32.1. The van der Waals surface area contributed by atoms with Crippen LogP contribution in [-0.2, 0) is 13.0 Å². The lowest BCUT2D eigenvalue weighted by Gasteiger charge is -2.23. The molecule has 3 aromatic heterocycles. The minimum Gasteiger partial charge on any atom is -0.364 e. The van der Waals surface area contributed by atoms with Gasteiger partial charge in [-0.3, -0.25) is 14.1 Å². The van der Waals surface area contributed by atoms with Gasteiger partial charge in [0, 0.05) is 37.8 Å². The van der Waals surface area contributed by atoms with Gasteiger partial charge in [0.2, 0.25) is 0 Å². The van der Waals surface area contributed by atoms with Crippen LogP contribution in [0, 0.1) is 0 Å². The van der Waals surface area contributed by atoms with Gasteiger partial charge in [0.25, 0.3) is 5.91 Å². The Morgan fingerprint density at radius 2 is 2.03 bits per heavy atom. The average molecular weight is 424 g/mol. The van der Waals surface area contributed by atoms with Crippen molar-refractivity contribution in [1.29, 1.82) is 0 Å². The quantitative estimate of drug-likeness (QED) is 0.430. The number of nitrogens with zero attached hydrogens (tertiary/aromatic N) is 5. The largest absolute Gasteiger partial charge is 0.364 e. The first-order valence-electron chi connectivity index (χ1n) is 9.89. The van der Waals surface area contributed by atoms with Gasteiger partial charge in [0.05, 0.1) is 11.7 Å². The molecule has 0 saturated carbocycles. The van der Waals surface area contributed by atoms with Gasteiger partial charge in [0.1, 0.15) is 12.0 Å². The summed E-state index contributed by atoms with van der Waals surface area (Å²) < 4.78 is 6.99. The van der Waals surface area contributed by atoms with E-state index in [2.05, 4.69) is 34.1 Å². The third kappa shape index (κ3) is 4.15. The van der Waals surface area contributed by atoms with Crippen molar-refractivity contribution in [1.82, 2.24) is 24.3 Å². The highest BCUT2D eigenvalue weighted by molar-refractivity contribution is 7.15. The molecule has 1 atom stereocenters. The van der Waals surface area contributed by atoms with Gasteiger partial charge < -0.3 is 9.42 Å². The summed E-state index contributed by atoms with van der Waals surface area (Å²) in [6, 6.07) is 12.1. The molecule has 30 heavy (non-hydrogen) atoms. The van der Waals surface area contributed by atoms with E-state index in [0.29, 0.717) is 18.8 Å². The monoisotopic (exact) mass is 423 g/mol. The normalized spacial score (nSPS) is 12.5. The number of benzene rings is 1. The van der Waals surface area contributed by atoms with Crippen LogP contribution in [0.4, 0.5) is 0 Å². The summed E-state index contributed by atoms with van der Waals surface area (Å²) >= 11 is 1.53. The standard InChI is InChI=1S/C22H25N5O2S/c1-16(18-10-13-29-24-18)26(3)15-19-20(23-22-27(19)12-14-30-22)21(28)25(2)11-9-17-7-5-4-6-8-17/h4-8,10,12-14,16H,9,11,15H2,1-3H3/t16-/m0/s1. The number of rotatable bonds is 8. The Bertz CT molecular complexity index is 1100. The van der Waals surface area contributed by atoms with Crippen LogP contribution >= 0.6 is 11.3 Å². The van der Waals surface area contributed by atoms with Crippen LogP contribution in [0.1, 0.15) is 40.4 Å². The van der Waals surface area contributed by atoms with E-state index in [4.69, 9.17) is 4.52 Å². The van der Waals surface area contributed by atoms with Gasteiger partial charge in [-0.25, -0.2) is 4.98 Å². The van der Waals surface area contributed by atoms with E-state index >= 15 is 0 Å². The van der Waals surface area contributed by atoms with Gasteiger partial charge in [0.15, 0.2) is 10.7 Å². The molecule has 8 heteroatoms. The maximum absolute atomic E-state index is 13.2. The first kappa shape index (κ1) is 20.3. The molecule has 0 N–H and O–H groups in total. The summed E-state index contributed by atoms with van der Waals surface area (Å²) in [6.45, 7) is 3.27. The molecule has 4 aromatic rings. The van der Waals surface area contributed by atoms with Crippen LogP contribution in [-0.4, -0.2) is 50.9 Å². The molecule has 0 aliphatic heterocycles.